The molecule has 1 aliphatic heterocycles. The van der Waals surface area contributed by atoms with Crippen LogP contribution in [0.1, 0.15) is 32.6 Å². The summed E-state index contributed by atoms with van der Waals surface area (Å²) < 4.78 is 22.3. The van der Waals surface area contributed by atoms with E-state index >= 15 is 0 Å². The number of ether oxygens (including phenoxy) is 4. The molecule has 0 atom stereocenters. The van der Waals surface area contributed by atoms with Crippen molar-refractivity contribution in [1.29, 1.82) is 0 Å². The van der Waals surface area contributed by atoms with Crippen molar-refractivity contribution in [1.82, 2.24) is 4.98 Å². The topological polar surface area (TPSA) is 78.9 Å². The highest BCUT2D eigenvalue weighted by Crippen LogP contribution is 2.40. The van der Waals surface area contributed by atoms with Gasteiger partial charge in [0.2, 0.25) is 5.91 Å². The van der Waals surface area contributed by atoms with Crippen LogP contribution in [0.3, 0.4) is 0 Å². The Hall–Kier alpha value is -2.64. The number of carbonyl (C=O) groups is 1. The van der Waals surface area contributed by atoms with Crippen LogP contribution in [0, 0.1) is 5.41 Å². The van der Waals surface area contributed by atoms with Crippen LogP contribution < -0.4 is 14.8 Å². The first-order valence-electron chi connectivity index (χ1n) is 9.11. The Labute approximate surface area is 165 Å². The molecule has 2 aromatic rings. The van der Waals surface area contributed by atoms with Crippen LogP contribution in [0.25, 0.3) is 11.3 Å². The monoisotopic (exact) mass is 386 g/mol. The van der Waals surface area contributed by atoms with E-state index < -0.39 is 11.7 Å². The van der Waals surface area contributed by atoms with Gasteiger partial charge in [-0.3, -0.25) is 4.79 Å². The summed E-state index contributed by atoms with van der Waals surface area (Å²) in [5.41, 5.74) is 1.65. The fourth-order valence-electron chi connectivity index (χ4n) is 2.80. The summed E-state index contributed by atoms with van der Waals surface area (Å²) in [7, 11) is 3.19. The van der Waals surface area contributed by atoms with E-state index in [-0.39, 0.29) is 5.91 Å². The maximum atomic E-state index is 12.3. The van der Waals surface area contributed by atoms with Crippen LogP contribution in [0.4, 0.5) is 5.82 Å². The molecule has 1 aromatic carbocycles. The molecule has 7 heteroatoms. The van der Waals surface area contributed by atoms with Crippen LogP contribution in [0.2, 0.25) is 0 Å². The SMILES string of the molecule is COc1cc(C2OCCO2)c(OC)cc1-c1cccc(NC(=O)C(C)(C)C)n1. The van der Waals surface area contributed by atoms with E-state index in [9.17, 15) is 4.79 Å². The van der Waals surface area contributed by atoms with E-state index in [1.54, 1.807) is 20.3 Å². The van der Waals surface area contributed by atoms with Gasteiger partial charge in [-0.25, -0.2) is 4.98 Å². The summed E-state index contributed by atoms with van der Waals surface area (Å²) >= 11 is 0. The number of aromatic nitrogens is 1. The number of nitrogens with one attached hydrogen (secondary N) is 1. The standard InChI is InChI=1S/C21H26N2O5/c1-21(2,3)20(24)23-18-8-6-7-15(22-18)13-11-17(26-5)14(12-16(13)25-4)19-27-9-10-28-19/h6-8,11-12,19H,9-10H2,1-5H3,(H,22,23,24). The zero-order chi connectivity index (χ0) is 20.3. The number of hydrogen-bond acceptors (Lipinski definition) is 6. The molecule has 7 nitrogen and oxygen atoms in total. The number of benzene rings is 1. The summed E-state index contributed by atoms with van der Waals surface area (Å²) in [4.78, 5) is 16.9. The third kappa shape index (κ3) is 4.26. The summed E-state index contributed by atoms with van der Waals surface area (Å²) in [5.74, 6) is 1.60. The number of hydrogen-bond donors (Lipinski definition) is 1. The van der Waals surface area contributed by atoms with Crippen molar-refractivity contribution in [3.63, 3.8) is 0 Å². The van der Waals surface area contributed by atoms with Crippen LogP contribution in [-0.2, 0) is 14.3 Å². The van der Waals surface area contributed by atoms with Crippen molar-refractivity contribution >= 4 is 11.7 Å². The second-order valence-corrected chi connectivity index (χ2v) is 7.48. The van der Waals surface area contributed by atoms with Crippen LogP contribution in [-0.4, -0.2) is 38.3 Å². The van der Waals surface area contributed by atoms with Gasteiger partial charge in [-0.1, -0.05) is 26.8 Å². The second-order valence-electron chi connectivity index (χ2n) is 7.48. The highest BCUT2D eigenvalue weighted by Gasteiger charge is 2.25. The zero-order valence-electron chi connectivity index (χ0n) is 16.9. The molecule has 150 valence electrons. The summed E-state index contributed by atoms with van der Waals surface area (Å²) in [6.07, 6.45) is -0.483. The first kappa shape index (κ1) is 20.1. The molecule has 1 saturated heterocycles. The molecule has 0 radical (unpaired) electrons. The normalized spacial score (nSPS) is 14.8. The number of nitrogens with zero attached hydrogens (tertiary/aromatic N) is 1. The first-order valence-corrected chi connectivity index (χ1v) is 9.11. The number of rotatable bonds is 5. The fraction of sp³-hybridized carbons (Fsp3) is 0.429. The minimum absolute atomic E-state index is 0.104. The van der Waals surface area contributed by atoms with Crippen LogP contribution in [0.5, 0.6) is 11.5 Å². The number of anilines is 1. The van der Waals surface area contributed by atoms with Gasteiger partial charge in [0.1, 0.15) is 17.3 Å². The predicted octanol–water partition coefficient (Wildman–Crippen LogP) is 3.80. The lowest BCUT2D eigenvalue weighted by Gasteiger charge is -2.19. The molecule has 0 aliphatic carbocycles. The lowest BCUT2D eigenvalue weighted by Crippen LogP contribution is -2.28. The van der Waals surface area contributed by atoms with Gasteiger partial charge in [0.05, 0.1) is 38.7 Å². The second kappa shape index (κ2) is 8.16. The Morgan fingerprint density at radius 2 is 1.79 bits per heavy atom. The van der Waals surface area contributed by atoms with Gasteiger partial charge < -0.3 is 24.3 Å². The van der Waals surface area contributed by atoms with Crippen molar-refractivity contribution in [2.24, 2.45) is 5.41 Å². The molecule has 0 saturated carbocycles. The average Bonchev–Trinajstić information content (AvgIpc) is 3.21. The molecule has 2 heterocycles. The Morgan fingerprint density at radius 1 is 1.11 bits per heavy atom. The average molecular weight is 386 g/mol. The summed E-state index contributed by atoms with van der Waals surface area (Å²) in [6, 6.07) is 9.13. The van der Waals surface area contributed by atoms with Crippen molar-refractivity contribution in [2.45, 2.75) is 27.1 Å². The van der Waals surface area contributed by atoms with Gasteiger partial charge >= 0.3 is 0 Å². The molecular weight excluding hydrogens is 360 g/mol. The largest absolute Gasteiger partial charge is 0.496 e. The smallest absolute Gasteiger partial charge is 0.230 e. The molecule has 1 aromatic heterocycles. The molecule has 1 amide bonds. The van der Waals surface area contributed by atoms with E-state index in [1.807, 2.05) is 45.0 Å². The quantitative estimate of drug-likeness (QED) is 0.842. The van der Waals surface area contributed by atoms with E-state index in [0.717, 1.165) is 11.1 Å². The third-order valence-corrected chi connectivity index (χ3v) is 4.38. The Kier molecular flexibility index (Phi) is 5.86. The van der Waals surface area contributed by atoms with E-state index in [4.69, 9.17) is 18.9 Å². The molecule has 0 spiro atoms. The molecule has 1 fully saturated rings. The number of carbonyl (C=O) groups excluding carboxylic acids is 1. The molecular formula is C21H26N2O5. The number of amides is 1. The van der Waals surface area contributed by atoms with Crippen molar-refractivity contribution < 1.29 is 23.7 Å². The van der Waals surface area contributed by atoms with Crippen molar-refractivity contribution in [2.75, 3.05) is 32.8 Å². The Morgan fingerprint density at radius 3 is 2.39 bits per heavy atom. The Balaban J connectivity index is 1.98. The van der Waals surface area contributed by atoms with E-state index in [0.29, 0.717) is 36.2 Å². The fourth-order valence-corrected chi connectivity index (χ4v) is 2.80. The van der Waals surface area contributed by atoms with Crippen LogP contribution >= 0.6 is 0 Å². The minimum Gasteiger partial charge on any atom is -0.496 e. The van der Waals surface area contributed by atoms with Gasteiger partial charge in [-0.05, 0) is 24.3 Å². The summed E-state index contributed by atoms with van der Waals surface area (Å²) in [5, 5.41) is 2.85. The number of methoxy groups -OCH3 is 2. The maximum Gasteiger partial charge on any atom is 0.230 e. The molecule has 1 N–H and O–H groups in total. The molecule has 0 bridgehead atoms. The van der Waals surface area contributed by atoms with Gasteiger partial charge in [0.25, 0.3) is 0 Å². The minimum atomic E-state index is -0.512. The zero-order valence-corrected chi connectivity index (χ0v) is 16.9. The Bertz CT molecular complexity index is 854. The van der Waals surface area contributed by atoms with Gasteiger partial charge in [0, 0.05) is 11.0 Å². The highest BCUT2D eigenvalue weighted by atomic mass is 16.7. The van der Waals surface area contributed by atoms with Gasteiger partial charge in [-0.15, -0.1) is 0 Å². The maximum absolute atomic E-state index is 12.3. The van der Waals surface area contributed by atoms with E-state index in [1.165, 1.54) is 0 Å². The lowest BCUT2D eigenvalue weighted by atomic mass is 9.96. The third-order valence-electron chi connectivity index (χ3n) is 4.38. The molecule has 1 aliphatic rings. The van der Waals surface area contributed by atoms with Crippen molar-refractivity contribution in [3.8, 4) is 22.8 Å². The van der Waals surface area contributed by atoms with E-state index in [2.05, 4.69) is 10.3 Å². The van der Waals surface area contributed by atoms with Gasteiger partial charge in [0.15, 0.2) is 6.29 Å². The predicted molar refractivity (Wildman–Crippen MR) is 106 cm³/mol. The molecule has 28 heavy (non-hydrogen) atoms. The first-order chi connectivity index (χ1) is 13.3. The number of pyridine rings is 1. The molecule has 0 unspecified atom stereocenters. The van der Waals surface area contributed by atoms with Crippen molar-refractivity contribution in [3.05, 3.63) is 35.9 Å². The highest BCUT2D eigenvalue weighted by molar-refractivity contribution is 5.94. The molecule has 3 rings (SSSR count). The van der Waals surface area contributed by atoms with Crippen LogP contribution in [0.15, 0.2) is 30.3 Å². The van der Waals surface area contributed by atoms with Gasteiger partial charge in [-0.2, -0.15) is 0 Å². The summed E-state index contributed by atoms with van der Waals surface area (Å²) in [6.45, 7) is 6.63. The lowest BCUT2D eigenvalue weighted by molar-refractivity contribution is -0.123.